The van der Waals surface area contributed by atoms with Gasteiger partial charge in [0.2, 0.25) is 0 Å². The number of aliphatic hydroxyl groups is 1. The van der Waals surface area contributed by atoms with Crippen LogP contribution in [0.15, 0.2) is 24.4 Å². The summed E-state index contributed by atoms with van der Waals surface area (Å²) in [5, 5.41) is 9.94. The van der Waals surface area contributed by atoms with E-state index in [1.165, 1.54) is 0 Å². The second-order valence-corrected chi connectivity index (χ2v) is 4.34. The zero-order chi connectivity index (χ0) is 11.3. The van der Waals surface area contributed by atoms with Gasteiger partial charge in [0.1, 0.15) is 11.3 Å². The monoisotopic (exact) mass is 203 g/mol. The van der Waals surface area contributed by atoms with Crippen LogP contribution in [0.25, 0.3) is 0 Å². The second-order valence-electron chi connectivity index (χ2n) is 4.34. The first-order valence-electron chi connectivity index (χ1n) is 5.16. The molecular formula is C13H17NO. The molecule has 0 amide bonds. The Morgan fingerprint density at radius 1 is 1.47 bits per heavy atom. The van der Waals surface area contributed by atoms with E-state index in [1.54, 1.807) is 13.1 Å². The Labute approximate surface area is 91.4 Å². The maximum Gasteiger partial charge on any atom is 0.123 e. The lowest BCUT2D eigenvalue weighted by Gasteiger charge is -2.18. The predicted molar refractivity (Wildman–Crippen MR) is 61.2 cm³/mol. The van der Waals surface area contributed by atoms with Crippen LogP contribution in [0.3, 0.4) is 0 Å². The first kappa shape index (κ1) is 11.7. The molecule has 0 spiro atoms. The van der Waals surface area contributed by atoms with E-state index in [4.69, 9.17) is 0 Å². The van der Waals surface area contributed by atoms with Crippen molar-refractivity contribution in [3.05, 3.63) is 30.1 Å². The molecule has 0 fully saturated rings. The van der Waals surface area contributed by atoms with E-state index in [0.29, 0.717) is 18.0 Å². The maximum atomic E-state index is 9.94. The number of nitrogens with zero attached hydrogens (tertiary/aromatic N) is 1. The van der Waals surface area contributed by atoms with Gasteiger partial charge in [0.05, 0.1) is 0 Å². The van der Waals surface area contributed by atoms with Gasteiger partial charge in [-0.25, -0.2) is 4.98 Å². The summed E-state index contributed by atoms with van der Waals surface area (Å²) >= 11 is 0. The largest absolute Gasteiger partial charge is 0.378 e. The predicted octanol–water partition coefficient (Wildman–Crippen LogP) is 2.23. The van der Waals surface area contributed by atoms with Gasteiger partial charge in [-0.05, 0) is 37.3 Å². The van der Waals surface area contributed by atoms with Crippen LogP contribution >= 0.6 is 0 Å². The van der Waals surface area contributed by atoms with Crippen molar-refractivity contribution in [3.8, 4) is 11.8 Å². The molecule has 1 aromatic rings. The summed E-state index contributed by atoms with van der Waals surface area (Å²) in [6, 6.07) is 5.56. The van der Waals surface area contributed by atoms with Crippen molar-refractivity contribution in [1.82, 2.24) is 4.98 Å². The molecule has 0 bridgehead atoms. The van der Waals surface area contributed by atoms with Gasteiger partial charge in [0, 0.05) is 6.20 Å². The fourth-order valence-electron chi connectivity index (χ4n) is 1.48. The first-order chi connectivity index (χ1) is 6.99. The highest BCUT2D eigenvalue weighted by Crippen LogP contribution is 2.14. The lowest BCUT2D eigenvalue weighted by Crippen LogP contribution is -2.23. The SMILES string of the molecule is CC(C)CC(C)(O)C#Cc1ccccn1. The molecule has 1 heterocycles. The van der Waals surface area contributed by atoms with Gasteiger partial charge in [0.15, 0.2) is 0 Å². The third-order valence-electron chi connectivity index (χ3n) is 1.93. The van der Waals surface area contributed by atoms with E-state index >= 15 is 0 Å². The van der Waals surface area contributed by atoms with Crippen molar-refractivity contribution < 1.29 is 5.11 Å². The van der Waals surface area contributed by atoms with E-state index in [9.17, 15) is 5.11 Å². The highest BCUT2D eigenvalue weighted by atomic mass is 16.3. The maximum absolute atomic E-state index is 9.94. The third kappa shape index (κ3) is 4.62. The number of rotatable bonds is 2. The standard InChI is InChI=1S/C13H17NO/c1-11(2)10-13(3,15)8-7-12-6-4-5-9-14-12/h4-6,9,11,15H,10H2,1-3H3. The summed E-state index contributed by atoms with van der Waals surface area (Å²) in [5.74, 6) is 6.16. The summed E-state index contributed by atoms with van der Waals surface area (Å²) < 4.78 is 0. The lowest BCUT2D eigenvalue weighted by molar-refractivity contribution is 0.0976. The van der Waals surface area contributed by atoms with E-state index in [2.05, 4.69) is 30.7 Å². The molecule has 1 aromatic heterocycles. The second kappa shape index (κ2) is 4.95. The lowest BCUT2D eigenvalue weighted by atomic mass is 9.95. The smallest absolute Gasteiger partial charge is 0.123 e. The molecule has 0 aromatic carbocycles. The summed E-state index contributed by atoms with van der Waals surface area (Å²) in [6.07, 6.45) is 2.37. The molecule has 0 radical (unpaired) electrons. The van der Waals surface area contributed by atoms with Crippen molar-refractivity contribution in [3.63, 3.8) is 0 Å². The number of pyridine rings is 1. The Hall–Kier alpha value is -1.33. The van der Waals surface area contributed by atoms with Crippen LogP contribution in [0.5, 0.6) is 0 Å². The molecule has 0 saturated heterocycles. The summed E-state index contributed by atoms with van der Waals surface area (Å²) in [7, 11) is 0. The molecular weight excluding hydrogens is 186 g/mol. The van der Waals surface area contributed by atoms with E-state index < -0.39 is 5.60 Å². The summed E-state index contributed by atoms with van der Waals surface area (Å²) in [5.41, 5.74) is -0.229. The highest BCUT2D eigenvalue weighted by Gasteiger charge is 2.18. The minimum atomic E-state index is -0.925. The molecule has 2 heteroatoms. The number of aromatic nitrogens is 1. The molecule has 0 saturated carbocycles. The van der Waals surface area contributed by atoms with Gasteiger partial charge < -0.3 is 5.11 Å². The van der Waals surface area contributed by atoms with Crippen LogP contribution in [0.1, 0.15) is 32.9 Å². The Balaban J connectivity index is 2.73. The zero-order valence-electron chi connectivity index (χ0n) is 9.49. The van der Waals surface area contributed by atoms with Crippen molar-refractivity contribution in [2.24, 2.45) is 5.92 Å². The zero-order valence-corrected chi connectivity index (χ0v) is 9.49. The van der Waals surface area contributed by atoms with Crippen LogP contribution in [0.2, 0.25) is 0 Å². The van der Waals surface area contributed by atoms with E-state index in [1.807, 2.05) is 18.2 Å². The number of hydrogen-bond donors (Lipinski definition) is 1. The van der Waals surface area contributed by atoms with Crippen LogP contribution in [-0.4, -0.2) is 15.7 Å². The molecule has 0 aliphatic carbocycles. The van der Waals surface area contributed by atoms with Crippen LogP contribution < -0.4 is 0 Å². The van der Waals surface area contributed by atoms with Gasteiger partial charge in [-0.3, -0.25) is 0 Å². The molecule has 15 heavy (non-hydrogen) atoms. The average Bonchev–Trinajstić information content (AvgIpc) is 2.15. The summed E-state index contributed by atoms with van der Waals surface area (Å²) in [6.45, 7) is 5.87. The average molecular weight is 203 g/mol. The normalized spacial score (nSPS) is 14.2. The van der Waals surface area contributed by atoms with Crippen molar-refractivity contribution >= 4 is 0 Å². The van der Waals surface area contributed by atoms with Crippen molar-refractivity contribution in [2.45, 2.75) is 32.8 Å². The molecule has 0 aliphatic heterocycles. The number of hydrogen-bond acceptors (Lipinski definition) is 2. The topological polar surface area (TPSA) is 33.1 Å². The molecule has 1 rings (SSSR count). The van der Waals surface area contributed by atoms with E-state index in [-0.39, 0.29) is 0 Å². The summed E-state index contributed by atoms with van der Waals surface area (Å²) in [4.78, 5) is 4.08. The van der Waals surface area contributed by atoms with Crippen LogP contribution in [0.4, 0.5) is 0 Å². The Kier molecular flexibility index (Phi) is 3.88. The van der Waals surface area contributed by atoms with E-state index in [0.717, 1.165) is 0 Å². The Bertz CT molecular complexity index is 357. The minimum absolute atomic E-state index is 0.429. The van der Waals surface area contributed by atoms with Gasteiger partial charge in [0.25, 0.3) is 0 Å². The Morgan fingerprint density at radius 3 is 2.73 bits per heavy atom. The molecule has 0 aliphatic rings. The van der Waals surface area contributed by atoms with Crippen LogP contribution in [-0.2, 0) is 0 Å². The first-order valence-corrected chi connectivity index (χ1v) is 5.16. The fraction of sp³-hybridized carbons (Fsp3) is 0.462. The molecule has 80 valence electrons. The molecule has 2 nitrogen and oxygen atoms in total. The minimum Gasteiger partial charge on any atom is -0.378 e. The highest BCUT2D eigenvalue weighted by molar-refractivity contribution is 5.29. The molecule has 1 unspecified atom stereocenters. The third-order valence-corrected chi connectivity index (χ3v) is 1.93. The van der Waals surface area contributed by atoms with Gasteiger partial charge in [-0.15, -0.1) is 0 Å². The van der Waals surface area contributed by atoms with Gasteiger partial charge >= 0.3 is 0 Å². The van der Waals surface area contributed by atoms with Gasteiger partial charge in [-0.1, -0.05) is 25.8 Å². The van der Waals surface area contributed by atoms with Crippen molar-refractivity contribution in [1.29, 1.82) is 0 Å². The van der Waals surface area contributed by atoms with Crippen molar-refractivity contribution in [2.75, 3.05) is 0 Å². The quantitative estimate of drug-likeness (QED) is 0.748. The van der Waals surface area contributed by atoms with Gasteiger partial charge in [-0.2, -0.15) is 0 Å². The van der Waals surface area contributed by atoms with Crippen LogP contribution in [0, 0.1) is 17.8 Å². The fourth-order valence-corrected chi connectivity index (χ4v) is 1.48. The molecule has 1 atom stereocenters. The molecule has 1 N–H and O–H groups in total. The Morgan fingerprint density at radius 2 is 2.20 bits per heavy atom.